The molecule has 1 aromatic carbocycles. The summed E-state index contributed by atoms with van der Waals surface area (Å²) in [7, 11) is -4.99. The third-order valence-corrected chi connectivity index (χ3v) is 7.87. The topological polar surface area (TPSA) is 330 Å². The van der Waals surface area contributed by atoms with Crippen molar-refractivity contribution in [3.8, 4) is 5.75 Å². The number of halogens is 3. The fourth-order valence-electron chi connectivity index (χ4n) is 4.36. The Labute approximate surface area is 299 Å². The zero-order valence-electron chi connectivity index (χ0n) is 27.2. The summed E-state index contributed by atoms with van der Waals surface area (Å²) in [4.78, 5) is 48.9. The molecule has 22 nitrogen and oxygen atoms in total. The van der Waals surface area contributed by atoms with Crippen LogP contribution in [-0.4, -0.2) is 110 Å². The first kappa shape index (κ1) is 40.0. The van der Waals surface area contributed by atoms with E-state index in [-0.39, 0.29) is 29.0 Å². The molecule has 1 saturated heterocycles. The fraction of sp³-hybridized carbons (Fsp3) is 0.346. The van der Waals surface area contributed by atoms with Crippen molar-refractivity contribution in [3.63, 3.8) is 0 Å². The van der Waals surface area contributed by atoms with Crippen LogP contribution >= 0.6 is 11.3 Å². The number of ether oxygens (including phenoxy) is 1. The molecule has 1 aliphatic rings. The third-order valence-electron chi connectivity index (χ3n) is 6.86. The second kappa shape index (κ2) is 16.3. The number of nitrogens with one attached hydrogen (secondary N) is 3. The number of aromatic nitrogens is 6. The van der Waals surface area contributed by atoms with E-state index in [4.69, 9.17) is 29.8 Å². The highest BCUT2D eigenvalue weighted by Crippen LogP contribution is 2.33. The molecule has 5 rings (SSSR count). The number of rotatable bonds is 14. The van der Waals surface area contributed by atoms with Crippen LogP contribution in [0.5, 0.6) is 5.75 Å². The molecule has 4 heterocycles. The Balaban J connectivity index is 0.000000815. The van der Waals surface area contributed by atoms with Gasteiger partial charge in [-0.3, -0.25) is 14.1 Å². The summed E-state index contributed by atoms with van der Waals surface area (Å²) in [5, 5.41) is 36.0. The second-order valence-electron chi connectivity index (χ2n) is 11.0. The van der Waals surface area contributed by atoms with E-state index in [2.05, 4.69) is 56.4 Å². The molecule has 27 heteroatoms. The van der Waals surface area contributed by atoms with Crippen molar-refractivity contribution >= 4 is 67.0 Å². The van der Waals surface area contributed by atoms with Gasteiger partial charge in [0.1, 0.15) is 35.9 Å². The minimum Gasteiger partial charge on any atom is -0.542 e. The number of nitrogens with two attached hydrogens (primary N) is 1. The number of nitrogen functional groups attached to an aromatic ring is 1. The number of fused-ring (bicyclic) bond motifs is 1. The number of H-pyrrole nitrogens is 1. The van der Waals surface area contributed by atoms with Gasteiger partial charge in [0.05, 0.1) is 18.6 Å². The number of nitrogens with zero attached hydrogens (tertiary/aromatic N) is 7. The molecule has 286 valence electrons. The highest BCUT2D eigenvalue weighted by Gasteiger charge is 2.58. The van der Waals surface area contributed by atoms with Gasteiger partial charge < -0.3 is 41.6 Å². The smallest absolute Gasteiger partial charge is 0.430 e. The fourth-order valence-corrected chi connectivity index (χ4v) is 5.36. The lowest BCUT2D eigenvalue weighted by Gasteiger charge is -2.50. The average Bonchev–Trinajstić information content (AvgIpc) is 3.78. The van der Waals surface area contributed by atoms with Crippen LogP contribution in [0, 0.1) is 0 Å². The zero-order chi connectivity index (χ0) is 39.1. The molecule has 4 aromatic rings. The molecule has 0 spiro atoms. The van der Waals surface area contributed by atoms with Crippen molar-refractivity contribution in [1.29, 1.82) is 0 Å². The zero-order valence-corrected chi connectivity index (χ0v) is 28.9. The molecule has 53 heavy (non-hydrogen) atoms. The molecule has 3 aromatic heterocycles. The summed E-state index contributed by atoms with van der Waals surface area (Å²) in [6.45, 7) is 4.01. The van der Waals surface area contributed by atoms with Crippen LogP contribution < -0.4 is 31.9 Å². The SMILES string of the molecule is CC1(C)[C@H](NC(=O)/C(=N\O[C@H](COc2ccc3c(NCC[NH3+])nccc3c2)c2nn[nH]n2)c2csc(N)n2)C(=O)N1OS(=O)(=O)O.O=C([O-])C(F)(F)F. The number of hydrogen-bond donors (Lipinski definition) is 6. The number of β-lactam (4-membered cyclic amide) rings is 1. The van der Waals surface area contributed by atoms with Crippen LogP contribution in [0.3, 0.4) is 0 Å². The number of amides is 2. The number of carboxylic acid groups (broad SMARTS) is 1. The standard InChI is InChI=1S/C24H28N12O8S2.C2HF3O2/c1-24(2)18(22(38)36(24)44-46(39,40)41)30-21(37)17(15-11-45-23(26)29-15)33-43-16(20-31-34-35-32-20)10-42-13-3-4-14-12(9-13)5-7-27-19(14)28-8-6-25;3-2(4,5)1(6)7/h3-5,7,9,11,16,18H,6,8,10,25H2,1-2H3,(H2,26,29)(H,27,28)(H,30,37)(H,39,40,41)(H,31,32,34,35);(H,6,7)/b33-17-;/t16-,18-;/m1./s1. The van der Waals surface area contributed by atoms with E-state index in [1.807, 2.05) is 18.2 Å². The Kier molecular flexibility index (Phi) is 12.3. The summed E-state index contributed by atoms with van der Waals surface area (Å²) in [5.74, 6) is -3.61. The molecule has 0 aliphatic carbocycles. The Morgan fingerprint density at radius 1 is 1.30 bits per heavy atom. The minimum absolute atomic E-state index is 0.0230. The van der Waals surface area contributed by atoms with E-state index >= 15 is 0 Å². The highest BCUT2D eigenvalue weighted by atomic mass is 32.3. The van der Waals surface area contributed by atoms with Crippen molar-refractivity contribution in [2.75, 3.05) is 30.7 Å². The van der Waals surface area contributed by atoms with Crippen molar-refractivity contribution in [3.05, 3.63) is 47.4 Å². The molecular formula is C26H29F3N12O10S2. The maximum Gasteiger partial charge on any atom is 0.430 e. The Hall–Kier alpha value is -5.77. The Bertz CT molecular complexity index is 2080. The van der Waals surface area contributed by atoms with Gasteiger partial charge in [-0.25, -0.2) is 9.97 Å². The van der Waals surface area contributed by atoms with E-state index in [1.54, 1.807) is 12.3 Å². The number of quaternary nitrogens is 1. The number of alkyl halides is 3. The van der Waals surface area contributed by atoms with Gasteiger partial charge in [-0.2, -0.15) is 31.9 Å². The lowest BCUT2D eigenvalue weighted by molar-refractivity contribution is -0.362. The molecule has 0 unspecified atom stereocenters. The summed E-state index contributed by atoms with van der Waals surface area (Å²) in [6.07, 6.45) is -4.60. The molecule has 0 saturated carbocycles. The lowest BCUT2D eigenvalue weighted by Crippen LogP contribution is -2.76. The van der Waals surface area contributed by atoms with Crippen LogP contribution in [0.2, 0.25) is 0 Å². The van der Waals surface area contributed by atoms with Crippen LogP contribution in [0.4, 0.5) is 24.1 Å². The summed E-state index contributed by atoms with van der Waals surface area (Å²) in [6, 6.07) is 5.98. The largest absolute Gasteiger partial charge is 0.542 e. The number of aliphatic carboxylic acids is 1. The first-order valence-electron chi connectivity index (χ1n) is 14.6. The van der Waals surface area contributed by atoms with E-state index in [1.165, 1.54) is 19.2 Å². The minimum atomic E-state index is -5.19. The number of aromatic amines is 1. The monoisotopic (exact) mass is 790 g/mol. The number of benzene rings is 1. The lowest BCUT2D eigenvalue weighted by atomic mass is 9.84. The van der Waals surface area contributed by atoms with E-state index in [9.17, 15) is 31.2 Å². The van der Waals surface area contributed by atoms with E-state index in [0.717, 1.165) is 22.1 Å². The number of thiazole rings is 1. The maximum atomic E-state index is 13.4. The second-order valence-corrected chi connectivity index (χ2v) is 12.9. The van der Waals surface area contributed by atoms with Gasteiger partial charge in [0.25, 0.3) is 11.8 Å². The van der Waals surface area contributed by atoms with E-state index < -0.39 is 52.0 Å². The molecule has 0 radical (unpaired) electrons. The molecule has 1 aliphatic heterocycles. The van der Waals surface area contributed by atoms with Gasteiger partial charge in [0.15, 0.2) is 10.8 Å². The molecule has 1 fully saturated rings. The summed E-state index contributed by atoms with van der Waals surface area (Å²) < 4.78 is 73.1. The number of carboxylic acids is 1. The van der Waals surface area contributed by atoms with Crippen LogP contribution in [0.25, 0.3) is 10.8 Å². The molecular weight excluding hydrogens is 761 g/mol. The van der Waals surface area contributed by atoms with Crippen molar-refractivity contribution in [2.45, 2.75) is 37.7 Å². The molecule has 2 amide bonds. The van der Waals surface area contributed by atoms with Crippen molar-refractivity contribution in [2.24, 2.45) is 5.16 Å². The van der Waals surface area contributed by atoms with Gasteiger partial charge in [-0.15, -0.1) is 25.8 Å². The summed E-state index contributed by atoms with van der Waals surface area (Å²) in [5.41, 5.74) is 7.87. The molecule has 9 N–H and O–H groups in total. The number of hydroxylamine groups is 2. The third kappa shape index (κ3) is 10.2. The normalized spacial score (nSPS) is 16.2. The number of tetrazole rings is 1. The van der Waals surface area contributed by atoms with Crippen molar-refractivity contribution in [1.82, 2.24) is 41.0 Å². The van der Waals surface area contributed by atoms with Gasteiger partial charge in [0, 0.05) is 17.0 Å². The quantitative estimate of drug-likeness (QED) is 0.0352. The van der Waals surface area contributed by atoms with E-state index in [0.29, 0.717) is 29.7 Å². The molecule has 2 atom stereocenters. The first-order valence-corrected chi connectivity index (χ1v) is 16.9. The Morgan fingerprint density at radius 2 is 2.02 bits per heavy atom. The number of pyridine rings is 1. The van der Waals surface area contributed by atoms with Crippen LogP contribution in [-0.2, 0) is 33.9 Å². The predicted molar refractivity (Wildman–Crippen MR) is 171 cm³/mol. The number of carbonyl (C=O) groups excluding carboxylic acids is 3. The number of oxime groups is 1. The number of carbonyl (C=O) groups is 3. The maximum absolute atomic E-state index is 13.4. The summed E-state index contributed by atoms with van der Waals surface area (Å²) >= 11 is 1.03. The number of hydrogen-bond acceptors (Lipinski definition) is 18. The van der Waals surface area contributed by atoms with Gasteiger partial charge in [-0.1, -0.05) is 10.4 Å². The predicted octanol–water partition coefficient (Wildman–Crippen LogP) is -1.88. The van der Waals surface area contributed by atoms with Gasteiger partial charge >= 0.3 is 16.6 Å². The first-order chi connectivity index (χ1) is 24.8. The van der Waals surface area contributed by atoms with Gasteiger partial charge in [0.2, 0.25) is 11.9 Å². The van der Waals surface area contributed by atoms with Crippen molar-refractivity contribution < 1.29 is 65.2 Å². The Morgan fingerprint density at radius 3 is 2.58 bits per heavy atom. The van der Waals surface area contributed by atoms with Gasteiger partial charge in [-0.05, 0) is 43.5 Å². The molecule has 0 bridgehead atoms. The average molecular weight is 791 g/mol. The number of anilines is 2. The van der Waals surface area contributed by atoms with Crippen LogP contribution in [0.15, 0.2) is 41.0 Å². The highest BCUT2D eigenvalue weighted by molar-refractivity contribution is 7.80. The van der Waals surface area contributed by atoms with Crippen LogP contribution in [0.1, 0.15) is 31.5 Å².